The van der Waals surface area contributed by atoms with Crippen LogP contribution in [0.15, 0.2) is 29.3 Å². The van der Waals surface area contributed by atoms with Crippen molar-refractivity contribution in [3.8, 4) is 17.6 Å². The van der Waals surface area contributed by atoms with Gasteiger partial charge in [-0.3, -0.25) is 4.79 Å². The van der Waals surface area contributed by atoms with E-state index >= 15 is 0 Å². The number of nitrogens with zero attached hydrogens (tertiary/aromatic N) is 2. The van der Waals surface area contributed by atoms with E-state index in [9.17, 15) is 10.1 Å². The number of amides is 1. The number of aryl methyl sites for hydroxylation is 1. The van der Waals surface area contributed by atoms with Crippen molar-refractivity contribution < 1.29 is 14.3 Å². The first kappa shape index (κ1) is 20.0. The molecule has 1 aliphatic carbocycles. The van der Waals surface area contributed by atoms with Gasteiger partial charge >= 0.3 is 0 Å². The molecule has 0 spiro atoms. The molecule has 1 aromatic carbocycles. The second-order valence-corrected chi connectivity index (χ2v) is 7.41. The molecule has 146 valence electrons. The predicted octanol–water partition coefficient (Wildman–Crippen LogP) is 3.05. The highest BCUT2D eigenvalue weighted by Gasteiger charge is 2.21. The highest BCUT2D eigenvalue weighted by Crippen LogP contribution is 2.31. The minimum absolute atomic E-state index is 0.113. The Morgan fingerprint density at radius 1 is 1.32 bits per heavy atom. The molecule has 0 radical (unpaired) electrons. The summed E-state index contributed by atoms with van der Waals surface area (Å²) < 4.78 is 10.9. The largest absolute Gasteiger partial charge is 0.493 e. The average molecular weight is 398 g/mol. The minimum Gasteiger partial charge on any atom is -0.493 e. The molecule has 2 aromatic rings. The number of pyridine rings is 1. The first-order chi connectivity index (χ1) is 13.6. The Hall–Kier alpha value is -2.72. The third kappa shape index (κ3) is 4.57. The lowest BCUT2D eigenvalue weighted by Gasteiger charge is -2.12. The highest BCUT2D eigenvalue weighted by molar-refractivity contribution is 8.00. The number of hydrogen-bond donors (Lipinski definition) is 1. The fourth-order valence-corrected chi connectivity index (χ4v) is 4.14. The van der Waals surface area contributed by atoms with Gasteiger partial charge in [0.1, 0.15) is 17.7 Å². The molecule has 0 saturated carbocycles. The molecule has 0 bridgehead atoms. The topological polar surface area (TPSA) is 84.2 Å². The zero-order valence-electron chi connectivity index (χ0n) is 16.1. The Morgan fingerprint density at radius 2 is 2.11 bits per heavy atom. The van der Waals surface area contributed by atoms with Gasteiger partial charge in [-0.15, -0.1) is 0 Å². The van der Waals surface area contributed by atoms with Crippen molar-refractivity contribution in [2.45, 2.75) is 31.2 Å². The number of para-hydroxylation sites is 2. The van der Waals surface area contributed by atoms with E-state index in [0.29, 0.717) is 35.2 Å². The van der Waals surface area contributed by atoms with Crippen molar-refractivity contribution >= 4 is 17.7 Å². The Bertz CT molecular complexity index is 908. The number of nitriles is 1. The normalized spacial score (nSPS) is 12.2. The van der Waals surface area contributed by atoms with E-state index in [0.717, 1.165) is 30.5 Å². The lowest BCUT2D eigenvalue weighted by Crippen LogP contribution is -2.29. The van der Waals surface area contributed by atoms with Gasteiger partial charge in [0.05, 0.1) is 25.0 Å². The smallest absolute Gasteiger partial charge is 0.230 e. The molecule has 7 heteroatoms. The number of hydrogen-bond acceptors (Lipinski definition) is 6. The molecule has 0 atom stereocenters. The van der Waals surface area contributed by atoms with Crippen LogP contribution in [0.5, 0.6) is 11.5 Å². The molecule has 6 nitrogen and oxygen atoms in total. The quantitative estimate of drug-likeness (QED) is 0.544. The van der Waals surface area contributed by atoms with Gasteiger partial charge in [0.2, 0.25) is 5.91 Å². The number of benzene rings is 1. The highest BCUT2D eigenvalue weighted by atomic mass is 32.2. The van der Waals surface area contributed by atoms with E-state index in [1.54, 1.807) is 7.11 Å². The van der Waals surface area contributed by atoms with Gasteiger partial charge in [-0.2, -0.15) is 5.26 Å². The molecular formula is C21H23N3O3S. The number of nitrogens with one attached hydrogen (secondary N) is 1. The van der Waals surface area contributed by atoms with Crippen LogP contribution >= 0.6 is 11.8 Å². The third-order valence-electron chi connectivity index (χ3n) is 4.67. The maximum atomic E-state index is 12.1. The molecule has 0 aliphatic heterocycles. The van der Waals surface area contributed by atoms with E-state index in [2.05, 4.69) is 16.4 Å². The first-order valence-corrected chi connectivity index (χ1v) is 10.2. The number of methoxy groups -OCH3 is 1. The van der Waals surface area contributed by atoms with Gasteiger partial charge in [-0.1, -0.05) is 23.9 Å². The van der Waals surface area contributed by atoms with Crippen LogP contribution in [0.4, 0.5) is 0 Å². The van der Waals surface area contributed by atoms with Gasteiger partial charge < -0.3 is 14.8 Å². The summed E-state index contributed by atoms with van der Waals surface area (Å²) in [5.74, 6) is 1.41. The molecule has 3 rings (SSSR count). The lowest BCUT2D eigenvalue weighted by molar-refractivity contribution is -0.118. The zero-order chi connectivity index (χ0) is 19.9. The van der Waals surface area contributed by atoms with Crippen molar-refractivity contribution in [2.75, 3.05) is 26.0 Å². The number of rotatable bonds is 8. The third-order valence-corrected chi connectivity index (χ3v) is 5.64. The first-order valence-electron chi connectivity index (χ1n) is 9.21. The minimum atomic E-state index is -0.113. The van der Waals surface area contributed by atoms with E-state index in [4.69, 9.17) is 9.47 Å². The van der Waals surface area contributed by atoms with Crippen molar-refractivity contribution in [1.29, 1.82) is 5.26 Å². The summed E-state index contributed by atoms with van der Waals surface area (Å²) in [6, 6.07) is 9.63. The van der Waals surface area contributed by atoms with Crippen molar-refractivity contribution in [2.24, 2.45) is 0 Å². The van der Waals surface area contributed by atoms with Gasteiger partial charge in [0.15, 0.2) is 11.5 Å². The molecule has 1 aliphatic rings. The van der Waals surface area contributed by atoms with Crippen LogP contribution < -0.4 is 14.8 Å². The molecule has 28 heavy (non-hydrogen) atoms. The van der Waals surface area contributed by atoms with Gasteiger partial charge in [-0.25, -0.2) is 4.98 Å². The molecule has 0 fully saturated rings. The van der Waals surface area contributed by atoms with Crippen LogP contribution in [0.25, 0.3) is 0 Å². The van der Waals surface area contributed by atoms with Gasteiger partial charge in [0, 0.05) is 5.69 Å². The number of fused-ring (bicyclic) bond motifs is 1. The van der Waals surface area contributed by atoms with Crippen LogP contribution in [0.2, 0.25) is 0 Å². The Kier molecular flexibility index (Phi) is 6.77. The van der Waals surface area contributed by atoms with Gasteiger partial charge in [-0.05, 0) is 49.4 Å². The SMILES string of the molecule is COc1ccccc1OCCNC(=O)CSc1nc2c(c(C)c1C#N)CCC2. The summed E-state index contributed by atoms with van der Waals surface area (Å²) >= 11 is 1.31. The fourth-order valence-electron chi connectivity index (χ4n) is 3.26. The van der Waals surface area contributed by atoms with Crippen LogP contribution in [0.1, 0.15) is 28.8 Å². The molecule has 0 saturated heterocycles. The molecule has 1 heterocycles. The Balaban J connectivity index is 1.49. The summed E-state index contributed by atoms with van der Waals surface area (Å²) in [5.41, 5.74) is 3.89. The summed E-state index contributed by atoms with van der Waals surface area (Å²) in [7, 11) is 1.59. The molecule has 1 aromatic heterocycles. The second kappa shape index (κ2) is 9.47. The number of carbonyl (C=O) groups excluding carboxylic acids is 1. The maximum absolute atomic E-state index is 12.1. The predicted molar refractivity (Wildman–Crippen MR) is 108 cm³/mol. The van der Waals surface area contributed by atoms with E-state index < -0.39 is 0 Å². The lowest BCUT2D eigenvalue weighted by atomic mass is 10.0. The molecular weight excluding hydrogens is 374 g/mol. The number of aromatic nitrogens is 1. The molecule has 1 amide bonds. The Labute approximate surface area is 169 Å². The molecule has 1 N–H and O–H groups in total. The summed E-state index contributed by atoms with van der Waals surface area (Å²) in [4.78, 5) is 16.8. The standard InChI is InChI=1S/C21H23N3O3S/c1-14-15-6-5-7-17(15)24-21(16(14)12-22)28-13-20(25)23-10-11-27-19-9-4-3-8-18(19)26-2/h3-4,8-9H,5-7,10-11,13H2,1-2H3,(H,23,25). The van der Waals surface area contributed by atoms with Crippen LogP contribution in [-0.2, 0) is 17.6 Å². The number of carbonyl (C=O) groups is 1. The number of ether oxygens (including phenoxy) is 2. The van der Waals surface area contributed by atoms with E-state index in [1.165, 1.54) is 17.3 Å². The van der Waals surface area contributed by atoms with Crippen LogP contribution in [0.3, 0.4) is 0 Å². The summed E-state index contributed by atoms with van der Waals surface area (Å²) in [6.45, 7) is 2.71. The van der Waals surface area contributed by atoms with Crippen molar-refractivity contribution in [1.82, 2.24) is 10.3 Å². The zero-order valence-corrected chi connectivity index (χ0v) is 16.9. The molecule has 0 unspecified atom stereocenters. The van der Waals surface area contributed by atoms with Crippen molar-refractivity contribution in [3.05, 3.63) is 46.6 Å². The fraction of sp³-hybridized carbons (Fsp3) is 0.381. The van der Waals surface area contributed by atoms with Crippen molar-refractivity contribution in [3.63, 3.8) is 0 Å². The van der Waals surface area contributed by atoms with Crippen LogP contribution in [0, 0.1) is 18.3 Å². The van der Waals surface area contributed by atoms with E-state index in [-0.39, 0.29) is 11.7 Å². The summed E-state index contributed by atoms with van der Waals surface area (Å²) in [6.07, 6.45) is 3.01. The second-order valence-electron chi connectivity index (χ2n) is 6.45. The summed E-state index contributed by atoms with van der Waals surface area (Å²) in [5, 5.41) is 13.0. The van der Waals surface area contributed by atoms with Crippen LogP contribution in [-0.4, -0.2) is 36.9 Å². The number of thioether (sulfide) groups is 1. The Morgan fingerprint density at radius 3 is 2.86 bits per heavy atom. The monoisotopic (exact) mass is 397 g/mol. The van der Waals surface area contributed by atoms with E-state index in [1.807, 2.05) is 31.2 Å². The van der Waals surface area contributed by atoms with Gasteiger partial charge in [0.25, 0.3) is 0 Å². The average Bonchev–Trinajstić information content (AvgIpc) is 3.19. The maximum Gasteiger partial charge on any atom is 0.230 e.